The fraction of sp³-hybridized carbons (Fsp3) is 0.273. The maximum atomic E-state index is 13.3. The number of thiol groups is 1. The first kappa shape index (κ1) is 12.8. The lowest BCUT2D eigenvalue weighted by Crippen LogP contribution is -2.21. The van der Waals surface area contributed by atoms with Gasteiger partial charge in [0.1, 0.15) is 17.4 Å². The first-order chi connectivity index (χ1) is 7.41. The largest absolute Gasteiger partial charge is 0.299 e. The van der Waals surface area contributed by atoms with E-state index >= 15 is 0 Å². The highest BCUT2D eigenvalue weighted by atomic mass is 32.1. The number of carbonyl (C=O) groups is 2. The predicted octanol–water partition coefficient (Wildman–Crippen LogP) is 2.17. The maximum Gasteiger partial charge on any atom is 0.196 e. The number of hydrogen-bond donors (Lipinski definition) is 1. The monoisotopic (exact) mass is 244 g/mol. The Bertz CT molecular complexity index is 418. The molecule has 0 N–H and O–H groups in total. The predicted molar refractivity (Wildman–Crippen MR) is 58.2 cm³/mol. The zero-order chi connectivity index (χ0) is 12.3. The molecule has 0 saturated heterocycles. The number of halogens is 2. The standard InChI is InChI=1S/C11H10F2O2S/c1-6(14)9(11(15)16)4-7-2-3-8(12)5-10(7)13/h2-3,5,9H,4H2,1H3,(H,15,16). The van der Waals surface area contributed by atoms with Gasteiger partial charge in [0.05, 0.1) is 5.92 Å². The first-order valence-corrected chi connectivity index (χ1v) is 5.03. The van der Waals surface area contributed by atoms with E-state index in [1.807, 2.05) is 0 Å². The van der Waals surface area contributed by atoms with Crippen molar-refractivity contribution in [1.29, 1.82) is 0 Å². The van der Waals surface area contributed by atoms with Gasteiger partial charge in [-0.2, -0.15) is 0 Å². The Morgan fingerprint density at radius 1 is 1.38 bits per heavy atom. The molecule has 1 unspecified atom stereocenters. The highest BCUT2D eigenvalue weighted by molar-refractivity contribution is 7.96. The summed E-state index contributed by atoms with van der Waals surface area (Å²) in [6, 6.07) is 3.02. The van der Waals surface area contributed by atoms with Gasteiger partial charge in [0.2, 0.25) is 0 Å². The molecule has 0 heterocycles. The fourth-order valence-corrected chi connectivity index (χ4v) is 1.59. The Hall–Kier alpha value is -1.23. The lowest BCUT2D eigenvalue weighted by molar-refractivity contribution is -0.126. The molecule has 1 aromatic carbocycles. The van der Waals surface area contributed by atoms with Crippen LogP contribution in [-0.4, -0.2) is 10.9 Å². The molecule has 0 radical (unpaired) electrons. The second-order valence-corrected chi connectivity index (χ2v) is 3.88. The minimum atomic E-state index is -0.983. The van der Waals surface area contributed by atoms with E-state index in [0.717, 1.165) is 12.1 Å². The molecule has 0 aliphatic rings. The number of carbonyl (C=O) groups excluding carboxylic acids is 2. The van der Waals surface area contributed by atoms with Gasteiger partial charge in [0, 0.05) is 6.07 Å². The van der Waals surface area contributed by atoms with Crippen LogP contribution in [0.25, 0.3) is 0 Å². The summed E-state index contributed by atoms with van der Waals surface area (Å²) < 4.78 is 25.9. The summed E-state index contributed by atoms with van der Waals surface area (Å²) >= 11 is 3.56. The summed E-state index contributed by atoms with van der Waals surface area (Å²) in [5.74, 6) is -2.83. The van der Waals surface area contributed by atoms with Crippen molar-refractivity contribution >= 4 is 23.5 Å². The second-order valence-electron chi connectivity index (χ2n) is 3.44. The van der Waals surface area contributed by atoms with Crippen molar-refractivity contribution in [3.63, 3.8) is 0 Å². The SMILES string of the molecule is CC(=O)C(Cc1ccc(F)cc1F)C(=O)S. The van der Waals surface area contributed by atoms with Crippen LogP contribution in [0.5, 0.6) is 0 Å². The Labute approximate surface area is 97.1 Å². The summed E-state index contributed by atoms with van der Waals surface area (Å²) in [6.07, 6.45) is -0.0935. The average molecular weight is 244 g/mol. The Balaban J connectivity index is 2.94. The third-order valence-corrected chi connectivity index (χ3v) is 2.54. The molecule has 0 bridgehead atoms. The van der Waals surface area contributed by atoms with Crippen LogP contribution < -0.4 is 0 Å². The molecule has 1 rings (SSSR count). The number of hydrogen-bond acceptors (Lipinski definition) is 2. The van der Waals surface area contributed by atoms with Gasteiger partial charge in [-0.3, -0.25) is 9.59 Å². The van der Waals surface area contributed by atoms with Gasteiger partial charge in [0.25, 0.3) is 0 Å². The Morgan fingerprint density at radius 3 is 2.44 bits per heavy atom. The van der Waals surface area contributed by atoms with Crippen molar-refractivity contribution in [1.82, 2.24) is 0 Å². The minimum Gasteiger partial charge on any atom is -0.299 e. The van der Waals surface area contributed by atoms with Gasteiger partial charge < -0.3 is 0 Å². The van der Waals surface area contributed by atoms with E-state index in [9.17, 15) is 18.4 Å². The Morgan fingerprint density at radius 2 is 2.00 bits per heavy atom. The van der Waals surface area contributed by atoms with E-state index in [0.29, 0.717) is 0 Å². The van der Waals surface area contributed by atoms with Crippen molar-refractivity contribution in [2.24, 2.45) is 5.92 Å². The van der Waals surface area contributed by atoms with Gasteiger partial charge in [-0.05, 0) is 25.0 Å². The van der Waals surface area contributed by atoms with Crippen LogP contribution in [0.15, 0.2) is 18.2 Å². The van der Waals surface area contributed by atoms with Crippen LogP contribution in [0.3, 0.4) is 0 Å². The van der Waals surface area contributed by atoms with Crippen LogP contribution in [0.4, 0.5) is 8.78 Å². The lowest BCUT2D eigenvalue weighted by Gasteiger charge is -2.10. The van der Waals surface area contributed by atoms with Crippen LogP contribution in [0, 0.1) is 17.6 Å². The molecule has 5 heteroatoms. The van der Waals surface area contributed by atoms with Crippen molar-refractivity contribution in [3.8, 4) is 0 Å². The highest BCUT2D eigenvalue weighted by Crippen LogP contribution is 2.16. The number of ketones is 1. The summed E-state index contributed by atoms with van der Waals surface area (Å²) in [4.78, 5) is 22.1. The third-order valence-electron chi connectivity index (χ3n) is 2.23. The normalized spacial score (nSPS) is 12.2. The smallest absolute Gasteiger partial charge is 0.196 e. The van der Waals surface area contributed by atoms with Crippen LogP contribution in [0.2, 0.25) is 0 Å². The van der Waals surface area contributed by atoms with E-state index in [2.05, 4.69) is 12.6 Å². The molecule has 0 aromatic heterocycles. The molecule has 0 aliphatic carbocycles. The maximum absolute atomic E-state index is 13.3. The molecule has 0 saturated carbocycles. The third kappa shape index (κ3) is 3.13. The molecule has 1 atom stereocenters. The van der Waals surface area contributed by atoms with E-state index in [4.69, 9.17) is 0 Å². The van der Waals surface area contributed by atoms with Crippen molar-refractivity contribution in [2.75, 3.05) is 0 Å². The molecular weight excluding hydrogens is 234 g/mol. The summed E-state index contributed by atoms with van der Waals surface area (Å²) in [6.45, 7) is 1.24. The molecule has 86 valence electrons. The zero-order valence-electron chi connectivity index (χ0n) is 8.54. The molecule has 1 aromatic rings. The van der Waals surface area contributed by atoms with Crippen molar-refractivity contribution in [3.05, 3.63) is 35.4 Å². The van der Waals surface area contributed by atoms with Crippen LogP contribution >= 0.6 is 12.6 Å². The highest BCUT2D eigenvalue weighted by Gasteiger charge is 2.22. The summed E-state index contributed by atoms with van der Waals surface area (Å²) in [7, 11) is 0. The van der Waals surface area contributed by atoms with E-state index in [1.165, 1.54) is 13.0 Å². The van der Waals surface area contributed by atoms with E-state index in [-0.39, 0.29) is 17.8 Å². The first-order valence-electron chi connectivity index (χ1n) is 4.59. The van der Waals surface area contributed by atoms with Gasteiger partial charge in [0.15, 0.2) is 5.12 Å². The fourth-order valence-electron chi connectivity index (χ4n) is 1.31. The summed E-state index contributed by atoms with van der Waals surface area (Å²) in [5.41, 5.74) is 0.129. The van der Waals surface area contributed by atoms with Crippen molar-refractivity contribution < 1.29 is 18.4 Å². The van der Waals surface area contributed by atoms with Crippen LogP contribution in [-0.2, 0) is 16.0 Å². The van der Waals surface area contributed by atoms with Gasteiger partial charge >= 0.3 is 0 Å². The number of benzene rings is 1. The topological polar surface area (TPSA) is 34.1 Å². The van der Waals surface area contributed by atoms with Crippen LogP contribution in [0.1, 0.15) is 12.5 Å². The molecule has 0 fully saturated rings. The molecular formula is C11H10F2O2S. The lowest BCUT2D eigenvalue weighted by atomic mass is 9.97. The molecule has 0 aliphatic heterocycles. The van der Waals surface area contributed by atoms with Gasteiger partial charge in [-0.1, -0.05) is 6.07 Å². The zero-order valence-corrected chi connectivity index (χ0v) is 9.43. The molecule has 16 heavy (non-hydrogen) atoms. The van der Waals surface area contributed by atoms with Gasteiger partial charge in [-0.15, -0.1) is 12.6 Å². The number of Topliss-reactive ketones (excluding diaryl/α,β-unsaturated/α-hetero) is 1. The molecule has 0 amide bonds. The Kier molecular flexibility index (Phi) is 4.18. The second kappa shape index (κ2) is 5.21. The minimum absolute atomic E-state index is 0.0935. The van der Waals surface area contributed by atoms with Crippen molar-refractivity contribution in [2.45, 2.75) is 13.3 Å². The van der Waals surface area contributed by atoms with E-state index in [1.54, 1.807) is 0 Å². The van der Waals surface area contributed by atoms with E-state index < -0.39 is 22.7 Å². The molecule has 2 nitrogen and oxygen atoms in total. The number of rotatable bonds is 4. The quantitative estimate of drug-likeness (QED) is 0.650. The average Bonchev–Trinajstić information content (AvgIpc) is 2.15. The summed E-state index contributed by atoms with van der Waals surface area (Å²) in [5, 5.41) is -0.615. The van der Waals surface area contributed by atoms with Gasteiger partial charge in [-0.25, -0.2) is 8.78 Å². The molecule has 0 spiro atoms.